The lowest BCUT2D eigenvalue weighted by molar-refractivity contribution is -0.142. The Morgan fingerprint density at radius 1 is 1.42 bits per heavy atom. The minimum absolute atomic E-state index is 0.00773. The Hall–Kier alpha value is -1.91. The maximum Gasteiger partial charge on any atom is 0.326 e. The quantitative estimate of drug-likeness (QED) is 0.823. The molecule has 0 radical (unpaired) electrons. The van der Waals surface area contributed by atoms with Crippen molar-refractivity contribution in [3.8, 4) is 0 Å². The van der Waals surface area contributed by atoms with Crippen LogP contribution in [-0.2, 0) is 16.0 Å². The van der Waals surface area contributed by atoms with E-state index in [-0.39, 0.29) is 6.42 Å². The molecule has 0 bridgehead atoms. The van der Waals surface area contributed by atoms with Crippen LogP contribution in [0.3, 0.4) is 0 Å². The Labute approximate surface area is 110 Å². The number of rotatable bonds is 6. The van der Waals surface area contributed by atoms with Crippen LogP contribution < -0.4 is 5.32 Å². The van der Waals surface area contributed by atoms with Crippen molar-refractivity contribution in [2.45, 2.75) is 31.7 Å². The molecule has 1 aliphatic rings. The molecule has 0 saturated heterocycles. The van der Waals surface area contributed by atoms with Gasteiger partial charge < -0.3 is 10.4 Å². The third-order valence-corrected chi connectivity index (χ3v) is 3.15. The van der Waals surface area contributed by atoms with Gasteiger partial charge >= 0.3 is 5.97 Å². The lowest BCUT2D eigenvalue weighted by Gasteiger charge is -2.14. The van der Waals surface area contributed by atoms with Gasteiger partial charge in [-0.1, -0.05) is 25.0 Å². The first kappa shape index (κ1) is 13.5. The van der Waals surface area contributed by atoms with E-state index in [1.165, 1.54) is 18.2 Å². The number of carboxylic acid groups (broad SMARTS) is 1. The second kappa shape index (κ2) is 5.82. The predicted molar refractivity (Wildman–Crippen MR) is 67.0 cm³/mol. The maximum absolute atomic E-state index is 13.0. The summed E-state index contributed by atoms with van der Waals surface area (Å²) in [6.07, 6.45) is 2.53. The van der Waals surface area contributed by atoms with Gasteiger partial charge in [0.1, 0.15) is 11.9 Å². The molecule has 19 heavy (non-hydrogen) atoms. The van der Waals surface area contributed by atoms with E-state index in [2.05, 4.69) is 5.32 Å². The summed E-state index contributed by atoms with van der Waals surface area (Å²) >= 11 is 0. The van der Waals surface area contributed by atoms with Crippen molar-refractivity contribution in [3.05, 3.63) is 35.6 Å². The molecule has 1 aromatic carbocycles. The van der Waals surface area contributed by atoms with Crippen molar-refractivity contribution >= 4 is 11.9 Å². The topological polar surface area (TPSA) is 66.4 Å². The normalized spacial score (nSPS) is 15.8. The van der Waals surface area contributed by atoms with E-state index >= 15 is 0 Å². The van der Waals surface area contributed by atoms with Crippen LogP contribution in [0.2, 0.25) is 0 Å². The highest BCUT2D eigenvalue weighted by molar-refractivity contribution is 5.84. The van der Waals surface area contributed by atoms with Crippen LogP contribution in [-0.4, -0.2) is 23.0 Å². The fourth-order valence-electron chi connectivity index (χ4n) is 1.99. The first-order valence-electron chi connectivity index (χ1n) is 6.31. The monoisotopic (exact) mass is 265 g/mol. The Kier molecular flexibility index (Phi) is 4.14. The van der Waals surface area contributed by atoms with Crippen LogP contribution in [0.25, 0.3) is 0 Å². The zero-order valence-corrected chi connectivity index (χ0v) is 10.4. The highest BCUT2D eigenvalue weighted by Gasteiger charge is 2.30. The second-order valence-electron chi connectivity index (χ2n) is 4.94. The molecule has 1 amide bonds. The molecule has 102 valence electrons. The van der Waals surface area contributed by atoms with Gasteiger partial charge in [0.15, 0.2) is 0 Å². The molecule has 1 atom stereocenters. The maximum atomic E-state index is 13.0. The van der Waals surface area contributed by atoms with E-state index in [1.807, 2.05) is 0 Å². The van der Waals surface area contributed by atoms with E-state index in [4.69, 9.17) is 5.11 Å². The average molecular weight is 265 g/mol. The Morgan fingerprint density at radius 3 is 2.74 bits per heavy atom. The summed E-state index contributed by atoms with van der Waals surface area (Å²) in [6.45, 7) is 0. The molecule has 5 heteroatoms. The third kappa shape index (κ3) is 4.35. The lowest BCUT2D eigenvalue weighted by Crippen LogP contribution is -2.41. The number of carbonyl (C=O) groups excluding carboxylic acids is 1. The van der Waals surface area contributed by atoms with Crippen LogP contribution in [0.4, 0.5) is 4.39 Å². The van der Waals surface area contributed by atoms with Gasteiger partial charge in [-0.3, -0.25) is 4.79 Å². The number of carbonyl (C=O) groups is 2. The molecule has 1 saturated carbocycles. The van der Waals surface area contributed by atoms with Gasteiger partial charge in [0.2, 0.25) is 5.91 Å². The van der Waals surface area contributed by atoms with Crippen molar-refractivity contribution in [2.24, 2.45) is 5.92 Å². The predicted octanol–water partition coefficient (Wildman–Crippen LogP) is 1.74. The summed E-state index contributed by atoms with van der Waals surface area (Å²) in [4.78, 5) is 22.8. The zero-order valence-electron chi connectivity index (χ0n) is 10.4. The van der Waals surface area contributed by atoms with Gasteiger partial charge in [0.05, 0.1) is 6.42 Å². The van der Waals surface area contributed by atoms with Crippen LogP contribution >= 0.6 is 0 Å². The number of hydrogen-bond donors (Lipinski definition) is 2. The fourth-order valence-corrected chi connectivity index (χ4v) is 1.99. The molecule has 1 fully saturated rings. The lowest BCUT2D eigenvalue weighted by atomic mass is 10.1. The number of carboxylic acids is 1. The molecule has 0 aliphatic heterocycles. The molecule has 0 aromatic heterocycles. The number of nitrogens with one attached hydrogen (secondary N) is 1. The number of benzene rings is 1. The van der Waals surface area contributed by atoms with Gasteiger partial charge in [0.25, 0.3) is 0 Å². The summed E-state index contributed by atoms with van der Waals surface area (Å²) in [6, 6.07) is 4.90. The standard InChI is InChI=1S/C14H16FNO3/c15-11-3-1-2-10(6-11)8-13(17)16-12(14(18)19)7-9-4-5-9/h1-3,6,9,12H,4-5,7-8H2,(H,16,17)(H,18,19). The number of amides is 1. The summed E-state index contributed by atoms with van der Waals surface area (Å²) in [5.74, 6) is -1.40. The summed E-state index contributed by atoms with van der Waals surface area (Å²) < 4.78 is 13.0. The Morgan fingerprint density at radius 2 is 2.16 bits per heavy atom. The first-order chi connectivity index (χ1) is 9.04. The molecule has 0 heterocycles. The van der Waals surface area contributed by atoms with Gasteiger partial charge in [-0.15, -0.1) is 0 Å². The first-order valence-corrected chi connectivity index (χ1v) is 6.31. The van der Waals surface area contributed by atoms with Crippen LogP contribution in [0.15, 0.2) is 24.3 Å². The minimum Gasteiger partial charge on any atom is -0.480 e. The van der Waals surface area contributed by atoms with Crippen molar-refractivity contribution in [1.29, 1.82) is 0 Å². The molecular weight excluding hydrogens is 249 g/mol. The van der Waals surface area contributed by atoms with E-state index in [9.17, 15) is 14.0 Å². The van der Waals surface area contributed by atoms with Gasteiger partial charge in [0, 0.05) is 0 Å². The summed E-state index contributed by atoms with van der Waals surface area (Å²) in [7, 11) is 0. The van der Waals surface area contributed by atoms with E-state index in [1.54, 1.807) is 6.07 Å². The largest absolute Gasteiger partial charge is 0.480 e. The molecule has 2 rings (SSSR count). The van der Waals surface area contributed by atoms with E-state index in [0.29, 0.717) is 17.9 Å². The minimum atomic E-state index is -1.01. The SMILES string of the molecule is O=C(Cc1cccc(F)c1)NC(CC1CC1)C(=O)O. The molecule has 1 unspecified atom stereocenters. The molecule has 1 aromatic rings. The van der Waals surface area contributed by atoms with Crippen molar-refractivity contribution in [2.75, 3.05) is 0 Å². The molecule has 2 N–H and O–H groups in total. The van der Waals surface area contributed by atoms with E-state index < -0.39 is 23.7 Å². The van der Waals surface area contributed by atoms with Crippen molar-refractivity contribution in [3.63, 3.8) is 0 Å². The third-order valence-electron chi connectivity index (χ3n) is 3.15. The van der Waals surface area contributed by atoms with Gasteiger partial charge in [-0.2, -0.15) is 0 Å². The average Bonchev–Trinajstić information content (AvgIpc) is 3.11. The van der Waals surface area contributed by atoms with Crippen molar-refractivity contribution in [1.82, 2.24) is 5.32 Å². The van der Waals surface area contributed by atoms with Crippen LogP contribution in [0.5, 0.6) is 0 Å². The van der Waals surface area contributed by atoms with Crippen LogP contribution in [0.1, 0.15) is 24.8 Å². The molecular formula is C14H16FNO3. The van der Waals surface area contributed by atoms with Crippen molar-refractivity contribution < 1.29 is 19.1 Å². The summed E-state index contributed by atoms with van der Waals surface area (Å²) in [5.41, 5.74) is 0.535. The Balaban J connectivity index is 1.89. The number of halogens is 1. The highest BCUT2D eigenvalue weighted by Crippen LogP contribution is 2.33. The molecule has 0 spiro atoms. The second-order valence-corrected chi connectivity index (χ2v) is 4.94. The number of hydrogen-bond acceptors (Lipinski definition) is 2. The molecule has 4 nitrogen and oxygen atoms in total. The zero-order chi connectivity index (χ0) is 13.8. The number of aliphatic carboxylic acids is 1. The molecule has 1 aliphatic carbocycles. The van der Waals surface area contributed by atoms with E-state index in [0.717, 1.165) is 12.8 Å². The van der Waals surface area contributed by atoms with Gasteiger partial charge in [-0.25, -0.2) is 9.18 Å². The fraction of sp³-hybridized carbons (Fsp3) is 0.429. The van der Waals surface area contributed by atoms with Crippen LogP contribution in [0, 0.1) is 11.7 Å². The Bertz CT molecular complexity index is 485. The smallest absolute Gasteiger partial charge is 0.326 e. The summed E-state index contributed by atoms with van der Waals surface area (Å²) in [5, 5.41) is 11.5. The van der Waals surface area contributed by atoms with Gasteiger partial charge in [-0.05, 0) is 30.0 Å². The highest BCUT2D eigenvalue weighted by atomic mass is 19.1.